The van der Waals surface area contributed by atoms with E-state index in [0.717, 1.165) is 4.57 Å². The zero-order valence-corrected chi connectivity index (χ0v) is 9.17. The summed E-state index contributed by atoms with van der Waals surface area (Å²) < 4.78 is 5.96. The number of carbonyl (C=O) groups is 2. The van der Waals surface area contributed by atoms with Crippen LogP contribution in [0.3, 0.4) is 0 Å². The molecule has 0 bridgehead atoms. The van der Waals surface area contributed by atoms with Crippen LogP contribution in [0, 0.1) is 0 Å². The van der Waals surface area contributed by atoms with Crippen LogP contribution in [0.15, 0.2) is 23.1 Å². The third kappa shape index (κ3) is 3.63. The van der Waals surface area contributed by atoms with Gasteiger partial charge in [-0.25, -0.2) is 0 Å². The van der Waals surface area contributed by atoms with Crippen LogP contribution in [0.1, 0.15) is 0 Å². The third-order valence-corrected chi connectivity index (χ3v) is 1.93. The predicted molar refractivity (Wildman–Crippen MR) is 57.9 cm³/mol. The molecule has 0 saturated heterocycles. The topological polar surface area (TPSA) is 97.6 Å². The van der Waals surface area contributed by atoms with Crippen LogP contribution < -0.4 is 15.6 Å². The van der Waals surface area contributed by atoms with Gasteiger partial charge in [-0.2, -0.15) is 0 Å². The zero-order chi connectivity index (χ0) is 12.8. The molecule has 0 aliphatic rings. The third-order valence-electron chi connectivity index (χ3n) is 1.93. The number of aliphatic carboxylic acids is 1. The Kier molecular flexibility index (Phi) is 4.27. The van der Waals surface area contributed by atoms with Crippen molar-refractivity contribution in [3.05, 3.63) is 28.7 Å². The number of rotatable bonds is 5. The van der Waals surface area contributed by atoms with Crippen LogP contribution in [0.5, 0.6) is 5.75 Å². The summed E-state index contributed by atoms with van der Waals surface area (Å²) in [6.07, 6.45) is 1.34. The minimum atomic E-state index is -1.13. The lowest BCUT2D eigenvalue weighted by Crippen LogP contribution is -2.29. The van der Waals surface area contributed by atoms with Gasteiger partial charge in [-0.05, 0) is 12.1 Å². The van der Waals surface area contributed by atoms with Crippen LogP contribution in [0.4, 0.5) is 0 Å². The molecule has 0 aliphatic carbocycles. The molecule has 0 aromatic carbocycles. The Hall–Kier alpha value is -2.31. The van der Waals surface area contributed by atoms with Gasteiger partial charge < -0.3 is 19.7 Å². The highest BCUT2D eigenvalue weighted by molar-refractivity contribution is 5.77. The Morgan fingerprint density at radius 2 is 2.24 bits per heavy atom. The Bertz CT molecular complexity index is 480. The van der Waals surface area contributed by atoms with Gasteiger partial charge in [-0.3, -0.25) is 14.4 Å². The van der Waals surface area contributed by atoms with E-state index >= 15 is 0 Å². The SMILES string of the molecule is CNC(=O)COc1cccn(CC(=O)O)c1=O. The maximum Gasteiger partial charge on any atom is 0.323 e. The van der Waals surface area contributed by atoms with E-state index in [1.165, 1.54) is 25.4 Å². The quantitative estimate of drug-likeness (QED) is 0.692. The molecule has 1 aromatic rings. The molecule has 92 valence electrons. The molecule has 1 rings (SSSR count). The van der Waals surface area contributed by atoms with E-state index in [1.54, 1.807) is 0 Å². The number of aromatic nitrogens is 1. The standard InChI is InChI=1S/C10H12N2O5/c1-11-8(13)6-17-7-3-2-4-12(10(7)16)5-9(14)15/h2-4H,5-6H2,1H3,(H,11,13)(H,14,15). The van der Waals surface area contributed by atoms with Crippen LogP contribution >= 0.6 is 0 Å². The number of likely N-dealkylation sites (N-methyl/N-ethyl adjacent to an activating group) is 1. The minimum absolute atomic E-state index is 0.0580. The van der Waals surface area contributed by atoms with Gasteiger partial charge in [-0.15, -0.1) is 0 Å². The number of nitrogens with zero attached hydrogens (tertiary/aromatic N) is 1. The van der Waals surface area contributed by atoms with Crippen molar-refractivity contribution in [1.29, 1.82) is 0 Å². The van der Waals surface area contributed by atoms with E-state index in [4.69, 9.17) is 9.84 Å². The molecular weight excluding hydrogens is 228 g/mol. The fraction of sp³-hybridized carbons (Fsp3) is 0.300. The monoisotopic (exact) mass is 240 g/mol. The Morgan fingerprint density at radius 1 is 1.53 bits per heavy atom. The number of ether oxygens (including phenoxy) is 1. The Balaban J connectivity index is 2.83. The van der Waals surface area contributed by atoms with Gasteiger partial charge in [-0.1, -0.05) is 0 Å². The highest BCUT2D eigenvalue weighted by Gasteiger charge is 2.08. The molecule has 0 fully saturated rings. The maximum absolute atomic E-state index is 11.6. The van der Waals surface area contributed by atoms with Gasteiger partial charge in [0.05, 0.1) is 0 Å². The van der Waals surface area contributed by atoms with Crippen molar-refractivity contribution in [2.45, 2.75) is 6.54 Å². The molecule has 0 unspecified atom stereocenters. The molecule has 0 aliphatic heterocycles. The first-order valence-electron chi connectivity index (χ1n) is 4.79. The fourth-order valence-electron chi connectivity index (χ4n) is 1.11. The Labute approximate surface area is 96.6 Å². The average molecular weight is 240 g/mol. The van der Waals surface area contributed by atoms with Crippen LogP contribution in [0.2, 0.25) is 0 Å². The van der Waals surface area contributed by atoms with Crippen molar-refractivity contribution in [1.82, 2.24) is 9.88 Å². The van der Waals surface area contributed by atoms with E-state index in [9.17, 15) is 14.4 Å². The van der Waals surface area contributed by atoms with Gasteiger partial charge in [0, 0.05) is 13.2 Å². The molecular formula is C10H12N2O5. The molecule has 1 amide bonds. The number of hydrogen-bond donors (Lipinski definition) is 2. The first-order chi connectivity index (χ1) is 8.04. The molecule has 2 N–H and O–H groups in total. The van der Waals surface area contributed by atoms with E-state index in [1.807, 2.05) is 0 Å². The molecule has 0 spiro atoms. The van der Waals surface area contributed by atoms with Gasteiger partial charge in [0.25, 0.3) is 11.5 Å². The number of nitrogens with one attached hydrogen (secondary N) is 1. The summed E-state index contributed by atoms with van der Waals surface area (Å²) >= 11 is 0. The lowest BCUT2D eigenvalue weighted by molar-refractivity contribution is -0.137. The lowest BCUT2D eigenvalue weighted by atomic mass is 10.4. The predicted octanol–water partition coefficient (Wildman–Crippen LogP) is -0.942. The number of pyridine rings is 1. The van der Waals surface area contributed by atoms with E-state index in [0.29, 0.717) is 0 Å². The average Bonchev–Trinajstić information content (AvgIpc) is 2.29. The first-order valence-corrected chi connectivity index (χ1v) is 4.79. The van der Waals surface area contributed by atoms with E-state index in [2.05, 4.69) is 5.32 Å². The first kappa shape index (κ1) is 12.8. The van der Waals surface area contributed by atoms with Crippen LogP contribution in [0.25, 0.3) is 0 Å². The van der Waals surface area contributed by atoms with E-state index in [-0.39, 0.29) is 18.3 Å². The molecule has 7 heteroatoms. The molecule has 0 radical (unpaired) electrons. The summed E-state index contributed by atoms with van der Waals surface area (Å²) in [6, 6.07) is 2.85. The molecule has 0 saturated carbocycles. The fourth-order valence-corrected chi connectivity index (χ4v) is 1.11. The summed E-state index contributed by atoms with van der Waals surface area (Å²) in [6.45, 7) is -0.737. The lowest BCUT2D eigenvalue weighted by Gasteiger charge is -2.07. The van der Waals surface area contributed by atoms with Crippen LogP contribution in [-0.4, -0.2) is 35.2 Å². The van der Waals surface area contributed by atoms with Gasteiger partial charge in [0.1, 0.15) is 6.54 Å². The molecule has 1 aromatic heterocycles. The van der Waals surface area contributed by atoms with Crippen molar-refractivity contribution in [2.75, 3.05) is 13.7 Å². The van der Waals surface area contributed by atoms with Gasteiger partial charge in [0.15, 0.2) is 12.4 Å². The highest BCUT2D eigenvalue weighted by atomic mass is 16.5. The number of amides is 1. The normalized spacial score (nSPS) is 9.71. The number of carbonyl (C=O) groups excluding carboxylic acids is 1. The van der Waals surface area contributed by atoms with Crippen LogP contribution in [-0.2, 0) is 16.1 Å². The van der Waals surface area contributed by atoms with Crippen molar-refractivity contribution in [2.24, 2.45) is 0 Å². The zero-order valence-electron chi connectivity index (χ0n) is 9.17. The van der Waals surface area contributed by atoms with Gasteiger partial charge >= 0.3 is 5.97 Å². The van der Waals surface area contributed by atoms with Crippen molar-refractivity contribution >= 4 is 11.9 Å². The second-order valence-corrected chi connectivity index (χ2v) is 3.16. The smallest absolute Gasteiger partial charge is 0.323 e. The molecule has 17 heavy (non-hydrogen) atoms. The minimum Gasteiger partial charge on any atom is -0.480 e. The second kappa shape index (κ2) is 5.69. The molecule has 1 heterocycles. The molecule has 7 nitrogen and oxygen atoms in total. The summed E-state index contributed by atoms with van der Waals surface area (Å²) in [7, 11) is 1.44. The van der Waals surface area contributed by atoms with Crippen molar-refractivity contribution < 1.29 is 19.4 Å². The Morgan fingerprint density at radius 3 is 2.82 bits per heavy atom. The summed E-state index contributed by atoms with van der Waals surface area (Å²) in [5, 5.41) is 10.9. The number of hydrogen-bond acceptors (Lipinski definition) is 4. The van der Waals surface area contributed by atoms with Crippen molar-refractivity contribution in [3.63, 3.8) is 0 Å². The van der Waals surface area contributed by atoms with Gasteiger partial charge in [0.2, 0.25) is 0 Å². The van der Waals surface area contributed by atoms with Crippen molar-refractivity contribution in [3.8, 4) is 5.75 Å². The summed E-state index contributed by atoms with van der Waals surface area (Å²) in [4.78, 5) is 33.0. The number of carboxylic acids is 1. The number of carboxylic acid groups (broad SMARTS) is 1. The van der Waals surface area contributed by atoms with E-state index < -0.39 is 18.1 Å². The highest BCUT2D eigenvalue weighted by Crippen LogP contribution is 2.01. The maximum atomic E-state index is 11.6. The second-order valence-electron chi connectivity index (χ2n) is 3.16. The summed E-state index contributed by atoms with van der Waals surface area (Å²) in [5.74, 6) is -1.56. The summed E-state index contributed by atoms with van der Waals surface area (Å²) in [5.41, 5.74) is -0.584. The largest absolute Gasteiger partial charge is 0.480 e. The molecule has 0 atom stereocenters.